The lowest BCUT2D eigenvalue weighted by Gasteiger charge is -2.17. The van der Waals surface area contributed by atoms with Crippen molar-refractivity contribution < 1.29 is 9.53 Å². The SMILES string of the molecule is CCC1OCCC1C(=O)Nc1ccc(I)cc1Br. The Labute approximate surface area is 129 Å². The van der Waals surface area contributed by atoms with Crippen LogP contribution in [-0.2, 0) is 9.53 Å². The van der Waals surface area contributed by atoms with Crippen molar-refractivity contribution in [1.29, 1.82) is 0 Å². The lowest BCUT2D eigenvalue weighted by atomic mass is 9.98. The van der Waals surface area contributed by atoms with Crippen molar-refractivity contribution in [3.8, 4) is 0 Å². The van der Waals surface area contributed by atoms with E-state index in [9.17, 15) is 4.79 Å². The van der Waals surface area contributed by atoms with Crippen molar-refractivity contribution in [2.75, 3.05) is 11.9 Å². The molecule has 1 amide bonds. The van der Waals surface area contributed by atoms with E-state index in [4.69, 9.17) is 4.74 Å². The third-order valence-electron chi connectivity index (χ3n) is 3.14. The topological polar surface area (TPSA) is 38.3 Å². The molecule has 2 unspecified atom stereocenters. The maximum absolute atomic E-state index is 12.2. The van der Waals surface area contributed by atoms with Gasteiger partial charge in [0.25, 0.3) is 0 Å². The first-order valence-corrected chi connectivity index (χ1v) is 7.86. The van der Waals surface area contributed by atoms with E-state index in [1.165, 1.54) is 0 Å². The summed E-state index contributed by atoms with van der Waals surface area (Å²) in [7, 11) is 0. The van der Waals surface area contributed by atoms with Crippen molar-refractivity contribution in [3.05, 3.63) is 26.2 Å². The highest BCUT2D eigenvalue weighted by Gasteiger charge is 2.32. The molecule has 1 N–H and O–H groups in total. The molecule has 0 saturated carbocycles. The number of hydrogen-bond donors (Lipinski definition) is 1. The van der Waals surface area contributed by atoms with Gasteiger partial charge in [0.05, 0.1) is 17.7 Å². The second-order valence-corrected chi connectivity index (χ2v) is 6.43. The molecule has 0 spiro atoms. The van der Waals surface area contributed by atoms with E-state index >= 15 is 0 Å². The molecule has 1 fully saturated rings. The van der Waals surface area contributed by atoms with Crippen LogP contribution in [-0.4, -0.2) is 18.6 Å². The van der Waals surface area contributed by atoms with Crippen molar-refractivity contribution in [2.24, 2.45) is 5.92 Å². The van der Waals surface area contributed by atoms with Gasteiger partial charge in [-0.25, -0.2) is 0 Å². The van der Waals surface area contributed by atoms with E-state index in [-0.39, 0.29) is 17.9 Å². The molecule has 2 atom stereocenters. The van der Waals surface area contributed by atoms with Crippen LogP contribution >= 0.6 is 38.5 Å². The number of carbonyl (C=O) groups is 1. The van der Waals surface area contributed by atoms with Gasteiger partial charge < -0.3 is 10.1 Å². The third-order valence-corrected chi connectivity index (χ3v) is 4.46. The van der Waals surface area contributed by atoms with Crippen molar-refractivity contribution in [1.82, 2.24) is 0 Å². The zero-order valence-electron chi connectivity index (χ0n) is 10.1. The summed E-state index contributed by atoms with van der Waals surface area (Å²) in [5.74, 6) is 0.0300. The van der Waals surface area contributed by atoms with Crippen LogP contribution in [0.3, 0.4) is 0 Å². The molecule has 1 aliphatic rings. The Hall–Kier alpha value is -0.140. The summed E-state index contributed by atoms with van der Waals surface area (Å²) in [5, 5.41) is 2.97. The Morgan fingerprint density at radius 1 is 1.61 bits per heavy atom. The first-order valence-electron chi connectivity index (χ1n) is 5.99. The van der Waals surface area contributed by atoms with E-state index in [0.717, 1.165) is 26.6 Å². The van der Waals surface area contributed by atoms with Gasteiger partial charge >= 0.3 is 0 Å². The molecule has 1 aromatic carbocycles. The molecular weight excluding hydrogens is 409 g/mol. The number of ether oxygens (including phenoxy) is 1. The average Bonchev–Trinajstić information content (AvgIpc) is 2.81. The zero-order valence-corrected chi connectivity index (χ0v) is 13.8. The van der Waals surface area contributed by atoms with Crippen LogP contribution in [0, 0.1) is 9.49 Å². The van der Waals surface area contributed by atoms with Crippen LogP contribution in [0.4, 0.5) is 5.69 Å². The lowest BCUT2D eigenvalue weighted by Crippen LogP contribution is -2.29. The number of halogens is 2. The van der Waals surface area contributed by atoms with Gasteiger partial charge in [-0.05, 0) is 69.6 Å². The molecule has 18 heavy (non-hydrogen) atoms. The standard InChI is InChI=1S/C13H15BrINO2/c1-2-12-9(5-6-18-12)13(17)16-11-4-3-8(15)7-10(11)14/h3-4,7,9,12H,2,5-6H2,1H3,(H,16,17). The van der Waals surface area contributed by atoms with Crippen LogP contribution in [0.15, 0.2) is 22.7 Å². The highest BCUT2D eigenvalue weighted by Crippen LogP contribution is 2.28. The van der Waals surface area contributed by atoms with Crippen LogP contribution < -0.4 is 5.32 Å². The molecule has 5 heteroatoms. The fourth-order valence-electron chi connectivity index (χ4n) is 2.17. The Morgan fingerprint density at radius 2 is 2.39 bits per heavy atom. The minimum absolute atomic E-state index is 0.0267. The van der Waals surface area contributed by atoms with Gasteiger partial charge in [0.15, 0.2) is 0 Å². The summed E-state index contributed by atoms with van der Waals surface area (Å²) in [6.45, 7) is 2.74. The summed E-state index contributed by atoms with van der Waals surface area (Å²) in [6.07, 6.45) is 1.76. The fourth-order valence-corrected chi connectivity index (χ4v) is 3.56. The predicted octanol–water partition coefficient (Wildman–Crippen LogP) is 3.81. The number of amides is 1. The quantitative estimate of drug-likeness (QED) is 0.750. The van der Waals surface area contributed by atoms with E-state index in [0.29, 0.717) is 6.61 Å². The molecular formula is C13H15BrINO2. The number of carbonyl (C=O) groups excluding carboxylic acids is 1. The Morgan fingerprint density at radius 3 is 3.06 bits per heavy atom. The van der Waals surface area contributed by atoms with Crippen molar-refractivity contribution >= 4 is 50.1 Å². The highest BCUT2D eigenvalue weighted by atomic mass is 127. The van der Waals surface area contributed by atoms with E-state index in [1.54, 1.807) is 0 Å². The predicted molar refractivity (Wildman–Crippen MR) is 83.6 cm³/mol. The number of benzene rings is 1. The highest BCUT2D eigenvalue weighted by molar-refractivity contribution is 14.1. The van der Waals surface area contributed by atoms with Crippen LogP contribution in [0.25, 0.3) is 0 Å². The average molecular weight is 424 g/mol. The number of nitrogens with one attached hydrogen (secondary N) is 1. The summed E-state index contributed by atoms with van der Waals surface area (Å²) in [6, 6.07) is 5.88. The summed E-state index contributed by atoms with van der Waals surface area (Å²) < 4.78 is 7.59. The molecule has 3 nitrogen and oxygen atoms in total. The minimum atomic E-state index is -0.0267. The number of hydrogen-bond acceptors (Lipinski definition) is 2. The number of anilines is 1. The van der Waals surface area contributed by atoms with Crippen molar-refractivity contribution in [3.63, 3.8) is 0 Å². The van der Waals surface area contributed by atoms with E-state index < -0.39 is 0 Å². The van der Waals surface area contributed by atoms with Gasteiger partial charge in [0.2, 0.25) is 5.91 Å². The Bertz CT molecular complexity index is 453. The number of rotatable bonds is 3. The first-order chi connectivity index (χ1) is 8.61. The molecule has 1 aromatic rings. The van der Waals surface area contributed by atoms with Gasteiger partial charge in [-0.15, -0.1) is 0 Å². The second-order valence-electron chi connectivity index (χ2n) is 4.33. The smallest absolute Gasteiger partial charge is 0.230 e. The monoisotopic (exact) mass is 423 g/mol. The van der Waals surface area contributed by atoms with Gasteiger partial charge in [0, 0.05) is 14.6 Å². The van der Waals surface area contributed by atoms with E-state index in [2.05, 4.69) is 50.8 Å². The largest absolute Gasteiger partial charge is 0.377 e. The summed E-state index contributed by atoms with van der Waals surface area (Å²) in [4.78, 5) is 12.2. The molecule has 0 radical (unpaired) electrons. The fraction of sp³-hybridized carbons (Fsp3) is 0.462. The summed E-state index contributed by atoms with van der Waals surface area (Å²) >= 11 is 5.71. The molecule has 0 bridgehead atoms. The van der Waals surface area contributed by atoms with Gasteiger partial charge in [-0.2, -0.15) is 0 Å². The molecule has 0 aromatic heterocycles. The van der Waals surface area contributed by atoms with E-state index in [1.807, 2.05) is 18.2 Å². The minimum Gasteiger partial charge on any atom is -0.377 e. The van der Waals surface area contributed by atoms with Crippen molar-refractivity contribution in [2.45, 2.75) is 25.9 Å². The third kappa shape index (κ3) is 3.24. The maximum atomic E-state index is 12.2. The second kappa shape index (κ2) is 6.34. The van der Waals surface area contributed by atoms with Crippen LogP contribution in [0.1, 0.15) is 19.8 Å². The first kappa shape index (κ1) is 14.3. The molecule has 0 aliphatic carbocycles. The molecule has 1 saturated heterocycles. The molecule has 1 heterocycles. The maximum Gasteiger partial charge on any atom is 0.230 e. The van der Waals surface area contributed by atoms with Gasteiger partial charge in [-0.3, -0.25) is 4.79 Å². The Kier molecular flexibility index (Phi) is 5.03. The zero-order chi connectivity index (χ0) is 13.1. The molecule has 1 aliphatic heterocycles. The summed E-state index contributed by atoms with van der Waals surface area (Å²) in [5.41, 5.74) is 0.821. The molecule has 98 valence electrons. The van der Waals surface area contributed by atoms with Crippen LogP contribution in [0.5, 0.6) is 0 Å². The van der Waals surface area contributed by atoms with Gasteiger partial charge in [-0.1, -0.05) is 6.92 Å². The Balaban J connectivity index is 2.07. The lowest BCUT2D eigenvalue weighted by molar-refractivity contribution is -0.121. The normalized spacial score (nSPS) is 23.1. The molecule has 2 rings (SSSR count). The van der Waals surface area contributed by atoms with Gasteiger partial charge in [0.1, 0.15) is 0 Å². The van der Waals surface area contributed by atoms with Crippen LogP contribution in [0.2, 0.25) is 0 Å².